The predicted molar refractivity (Wildman–Crippen MR) is 72.3 cm³/mol. The maximum Gasteiger partial charge on any atom is 0.0878 e. The van der Waals surface area contributed by atoms with Crippen LogP contribution in [0.25, 0.3) is 0 Å². The molecule has 0 amide bonds. The van der Waals surface area contributed by atoms with Crippen molar-refractivity contribution in [1.29, 1.82) is 0 Å². The van der Waals surface area contributed by atoms with E-state index < -0.39 is 0 Å². The highest BCUT2D eigenvalue weighted by molar-refractivity contribution is 5.52. The Bertz CT molecular complexity index is 511. The van der Waals surface area contributed by atoms with Crippen molar-refractivity contribution >= 4 is 17.1 Å². The first-order chi connectivity index (χ1) is 8.88. The minimum atomic E-state index is 0.607. The van der Waals surface area contributed by atoms with Crippen molar-refractivity contribution in [3.8, 4) is 0 Å². The van der Waals surface area contributed by atoms with Crippen LogP contribution in [0.2, 0.25) is 0 Å². The van der Waals surface area contributed by atoms with Crippen LogP contribution in [0.1, 0.15) is 6.92 Å². The third kappa shape index (κ3) is 3.68. The van der Waals surface area contributed by atoms with E-state index in [2.05, 4.69) is 15.7 Å². The number of rotatable bonds is 5. The summed E-state index contributed by atoms with van der Waals surface area (Å²) in [5.74, 6) is 0. The first-order valence-electron chi connectivity index (χ1n) is 5.83. The Kier molecular flexibility index (Phi) is 4.44. The maximum atomic E-state index is 5.12. The second-order valence-electron chi connectivity index (χ2n) is 3.62. The molecule has 2 rings (SSSR count). The van der Waals surface area contributed by atoms with Crippen LogP contribution in [0.15, 0.2) is 64.8 Å². The molecule has 0 spiro atoms. The van der Waals surface area contributed by atoms with Gasteiger partial charge in [-0.15, -0.1) is 0 Å². The molecule has 0 atom stereocenters. The minimum absolute atomic E-state index is 0.607. The van der Waals surface area contributed by atoms with Crippen molar-refractivity contribution in [3.63, 3.8) is 0 Å². The van der Waals surface area contributed by atoms with Gasteiger partial charge in [-0.1, -0.05) is 24.3 Å². The van der Waals surface area contributed by atoms with Crippen LogP contribution in [0.4, 0.5) is 17.1 Å². The lowest BCUT2D eigenvalue weighted by Gasteiger charge is -2.04. The van der Waals surface area contributed by atoms with Crippen LogP contribution in [0, 0.1) is 0 Å². The molecule has 2 aromatic rings. The average molecular weight is 241 g/mol. The fraction of sp³-hybridized carbons (Fsp3) is 0.143. The number of anilines is 1. The van der Waals surface area contributed by atoms with Gasteiger partial charge in [0.2, 0.25) is 0 Å². The number of hydrogen-bond acceptors (Lipinski definition) is 4. The van der Waals surface area contributed by atoms with E-state index in [1.54, 1.807) is 0 Å². The zero-order chi connectivity index (χ0) is 12.6. The fourth-order valence-corrected chi connectivity index (χ4v) is 1.40. The molecule has 1 N–H and O–H groups in total. The van der Waals surface area contributed by atoms with Crippen molar-refractivity contribution in [3.05, 3.63) is 54.6 Å². The van der Waals surface area contributed by atoms with E-state index in [0.29, 0.717) is 6.61 Å². The molecule has 4 nitrogen and oxygen atoms in total. The Morgan fingerprint density at radius 1 is 0.944 bits per heavy atom. The Morgan fingerprint density at radius 3 is 2.44 bits per heavy atom. The molecule has 2 aromatic carbocycles. The monoisotopic (exact) mass is 241 g/mol. The molecule has 0 saturated carbocycles. The van der Waals surface area contributed by atoms with Crippen molar-refractivity contribution < 1.29 is 4.84 Å². The summed E-state index contributed by atoms with van der Waals surface area (Å²) in [4.78, 5) is 5.12. The van der Waals surface area contributed by atoms with Crippen LogP contribution in [-0.4, -0.2) is 6.61 Å². The standard InChI is InChI=1S/C14H15N3O/c1-2-18-17-14-10-6-9-13(11-14)16-15-12-7-4-3-5-8-12/h3-11,17H,2H2,1H3. The highest BCUT2D eigenvalue weighted by atomic mass is 16.6. The second kappa shape index (κ2) is 6.51. The summed E-state index contributed by atoms with van der Waals surface area (Å²) in [6.07, 6.45) is 0. The van der Waals surface area contributed by atoms with E-state index in [-0.39, 0.29) is 0 Å². The van der Waals surface area contributed by atoms with Crippen LogP contribution in [0.3, 0.4) is 0 Å². The Hall–Kier alpha value is -2.20. The minimum Gasteiger partial charge on any atom is -0.276 e. The molecule has 0 aliphatic heterocycles. The molecule has 0 fully saturated rings. The highest BCUT2D eigenvalue weighted by Gasteiger charge is 1.94. The third-order valence-corrected chi connectivity index (χ3v) is 2.22. The van der Waals surface area contributed by atoms with Crippen LogP contribution >= 0.6 is 0 Å². The highest BCUT2D eigenvalue weighted by Crippen LogP contribution is 2.21. The zero-order valence-electron chi connectivity index (χ0n) is 10.2. The molecule has 0 unspecified atom stereocenters. The normalized spacial score (nSPS) is 10.7. The second-order valence-corrected chi connectivity index (χ2v) is 3.62. The van der Waals surface area contributed by atoms with Gasteiger partial charge >= 0.3 is 0 Å². The van der Waals surface area contributed by atoms with Crippen LogP contribution in [-0.2, 0) is 4.84 Å². The van der Waals surface area contributed by atoms with E-state index in [1.165, 1.54) is 0 Å². The molecular formula is C14H15N3O. The van der Waals surface area contributed by atoms with Gasteiger partial charge in [-0.2, -0.15) is 10.2 Å². The lowest BCUT2D eigenvalue weighted by molar-refractivity contribution is 0.210. The van der Waals surface area contributed by atoms with Gasteiger partial charge in [0.1, 0.15) is 0 Å². The number of hydrogen-bond donors (Lipinski definition) is 1. The van der Waals surface area contributed by atoms with E-state index in [4.69, 9.17) is 4.84 Å². The summed E-state index contributed by atoms with van der Waals surface area (Å²) < 4.78 is 0. The van der Waals surface area contributed by atoms with Gasteiger partial charge < -0.3 is 0 Å². The predicted octanol–water partition coefficient (Wildman–Crippen LogP) is 4.47. The first kappa shape index (κ1) is 12.3. The van der Waals surface area contributed by atoms with E-state index in [1.807, 2.05) is 61.5 Å². The average Bonchev–Trinajstić information content (AvgIpc) is 2.44. The summed E-state index contributed by atoms with van der Waals surface area (Å²) >= 11 is 0. The van der Waals surface area contributed by atoms with Gasteiger partial charge in [-0.3, -0.25) is 10.3 Å². The Labute approximate surface area is 106 Å². The fourth-order valence-electron chi connectivity index (χ4n) is 1.40. The SMILES string of the molecule is CCONc1cccc(N=Nc2ccccc2)c1. The van der Waals surface area contributed by atoms with Gasteiger partial charge in [-0.05, 0) is 37.3 Å². The smallest absolute Gasteiger partial charge is 0.0878 e. The lowest BCUT2D eigenvalue weighted by Crippen LogP contribution is -1.99. The Balaban J connectivity index is 2.07. The summed E-state index contributed by atoms with van der Waals surface area (Å²) in [5, 5.41) is 8.33. The van der Waals surface area contributed by atoms with Gasteiger partial charge in [-0.25, -0.2) is 0 Å². The number of azo groups is 1. The van der Waals surface area contributed by atoms with E-state index >= 15 is 0 Å². The van der Waals surface area contributed by atoms with Gasteiger partial charge in [0.05, 0.1) is 23.7 Å². The molecule has 92 valence electrons. The van der Waals surface area contributed by atoms with Gasteiger partial charge in [0, 0.05) is 0 Å². The number of benzene rings is 2. The molecular weight excluding hydrogens is 226 g/mol. The summed E-state index contributed by atoms with van der Waals surface area (Å²) in [5.41, 5.74) is 5.31. The summed E-state index contributed by atoms with van der Waals surface area (Å²) in [6.45, 7) is 2.53. The van der Waals surface area contributed by atoms with Crippen molar-refractivity contribution in [1.82, 2.24) is 0 Å². The zero-order valence-corrected chi connectivity index (χ0v) is 10.2. The lowest BCUT2D eigenvalue weighted by atomic mass is 10.3. The first-order valence-corrected chi connectivity index (χ1v) is 5.83. The van der Waals surface area contributed by atoms with Gasteiger partial charge in [0.15, 0.2) is 0 Å². The van der Waals surface area contributed by atoms with E-state index in [9.17, 15) is 0 Å². The van der Waals surface area contributed by atoms with Crippen molar-refractivity contribution in [2.24, 2.45) is 10.2 Å². The topological polar surface area (TPSA) is 46.0 Å². The number of nitrogens with zero attached hydrogens (tertiary/aromatic N) is 2. The Morgan fingerprint density at radius 2 is 1.67 bits per heavy atom. The largest absolute Gasteiger partial charge is 0.276 e. The molecule has 0 aliphatic rings. The summed E-state index contributed by atoms with van der Waals surface area (Å²) in [7, 11) is 0. The molecule has 0 saturated heterocycles. The van der Waals surface area contributed by atoms with Gasteiger partial charge in [0.25, 0.3) is 0 Å². The summed E-state index contributed by atoms with van der Waals surface area (Å²) in [6, 6.07) is 17.2. The number of nitrogens with one attached hydrogen (secondary N) is 1. The molecule has 0 heterocycles. The van der Waals surface area contributed by atoms with Crippen LogP contribution < -0.4 is 5.48 Å². The molecule has 4 heteroatoms. The molecule has 0 radical (unpaired) electrons. The van der Waals surface area contributed by atoms with Crippen LogP contribution in [0.5, 0.6) is 0 Å². The van der Waals surface area contributed by atoms with Crippen molar-refractivity contribution in [2.45, 2.75) is 6.92 Å². The third-order valence-electron chi connectivity index (χ3n) is 2.22. The molecule has 18 heavy (non-hydrogen) atoms. The van der Waals surface area contributed by atoms with E-state index in [0.717, 1.165) is 17.1 Å². The quantitative estimate of drug-likeness (QED) is 0.620. The molecule has 0 bridgehead atoms. The maximum absolute atomic E-state index is 5.12. The molecule has 0 aromatic heterocycles. The van der Waals surface area contributed by atoms with Crippen molar-refractivity contribution in [2.75, 3.05) is 12.1 Å². The molecule has 0 aliphatic carbocycles.